The lowest BCUT2D eigenvalue weighted by Crippen LogP contribution is -2.28. The molecule has 0 fully saturated rings. The molecule has 0 atom stereocenters. The number of aromatic hydroxyl groups is 1. The SMILES string of the molecule is O=C(OC(=O)C(F)(F)F)c1ccccc1O. The molecule has 4 nitrogen and oxygen atoms in total. The highest BCUT2D eigenvalue weighted by molar-refractivity contribution is 5.99. The van der Waals surface area contributed by atoms with Gasteiger partial charge >= 0.3 is 18.1 Å². The molecule has 1 aromatic carbocycles. The maximum absolute atomic E-state index is 11.7. The average Bonchev–Trinajstić information content (AvgIpc) is 2.16. The summed E-state index contributed by atoms with van der Waals surface area (Å²) in [6, 6.07) is 4.77. The molecule has 0 bridgehead atoms. The number of carbonyl (C=O) groups excluding carboxylic acids is 2. The van der Waals surface area contributed by atoms with Crippen molar-refractivity contribution >= 4 is 11.9 Å². The standard InChI is InChI=1S/C9H5F3O4/c10-9(11,12)8(15)16-7(14)5-3-1-2-4-6(5)13/h1-4,13H. The van der Waals surface area contributed by atoms with Crippen LogP contribution in [-0.2, 0) is 9.53 Å². The van der Waals surface area contributed by atoms with Crippen molar-refractivity contribution in [2.75, 3.05) is 0 Å². The van der Waals surface area contributed by atoms with Crippen LogP contribution in [0, 0.1) is 0 Å². The van der Waals surface area contributed by atoms with E-state index in [0.29, 0.717) is 0 Å². The first kappa shape index (κ1) is 12.0. The highest BCUT2D eigenvalue weighted by Crippen LogP contribution is 2.20. The van der Waals surface area contributed by atoms with Crippen molar-refractivity contribution in [3.8, 4) is 5.75 Å². The molecule has 1 aromatic rings. The fraction of sp³-hybridized carbons (Fsp3) is 0.111. The van der Waals surface area contributed by atoms with Gasteiger partial charge in [0.1, 0.15) is 11.3 Å². The molecule has 0 radical (unpaired) electrons. The van der Waals surface area contributed by atoms with Gasteiger partial charge in [0.05, 0.1) is 0 Å². The largest absolute Gasteiger partial charge is 0.507 e. The molecule has 0 saturated carbocycles. The second-order valence-corrected chi connectivity index (χ2v) is 2.69. The van der Waals surface area contributed by atoms with Crippen molar-refractivity contribution in [2.45, 2.75) is 6.18 Å². The van der Waals surface area contributed by atoms with E-state index in [9.17, 15) is 22.8 Å². The Labute approximate surface area is 87.3 Å². The first-order valence-corrected chi connectivity index (χ1v) is 3.93. The molecule has 16 heavy (non-hydrogen) atoms. The fourth-order valence-corrected chi connectivity index (χ4v) is 0.843. The predicted molar refractivity (Wildman–Crippen MR) is 44.6 cm³/mol. The number of alkyl halides is 3. The number of esters is 2. The van der Waals surface area contributed by atoms with E-state index in [1.807, 2.05) is 0 Å². The van der Waals surface area contributed by atoms with Gasteiger partial charge < -0.3 is 9.84 Å². The zero-order valence-corrected chi connectivity index (χ0v) is 7.62. The molecule has 0 aliphatic heterocycles. The van der Waals surface area contributed by atoms with Gasteiger partial charge in [-0.1, -0.05) is 12.1 Å². The Morgan fingerprint density at radius 1 is 1.19 bits per heavy atom. The number of carbonyl (C=O) groups is 2. The molecular formula is C9H5F3O4. The summed E-state index contributed by atoms with van der Waals surface area (Å²) >= 11 is 0. The number of para-hydroxylation sites is 1. The Balaban J connectivity index is 2.82. The number of rotatable bonds is 1. The number of halogens is 3. The maximum atomic E-state index is 11.7. The second-order valence-electron chi connectivity index (χ2n) is 2.69. The summed E-state index contributed by atoms with van der Waals surface area (Å²) in [6.45, 7) is 0. The van der Waals surface area contributed by atoms with Crippen LogP contribution >= 0.6 is 0 Å². The van der Waals surface area contributed by atoms with Gasteiger partial charge in [-0.2, -0.15) is 13.2 Å². The van der Waals surface area contributed by atoms with Crippen molar-refractivity contribution in [3.63, 3.8) is 0 Å². The van der Waals surface area contributed by atoms with Gasteiger partial charge in [-0.05, 0) is 12.1 Å². The first-order chi connectivity index (χ1) is 7.32. The van der Waals surface area contributed by atoms with Crippen LogP contribution in [0.4, 0.5) is 13.2 Å². The van der Waals surface area contributed by atoms with Crippen LogP contribution in [0.3, 0.4) is 0 Å². The monoisotopic (exact) mass is 234 g/mol. The summed E-state index contributed by atoms with van der Waals surface area (Å²) in [5, 5.41) is 9.10. The third-order valence-corrected chi connectivity index (χ3v) is 1.54. The zero-order valence-electron chi connectivity index (χ0n) is 7.62. The topological polar surface area (TPSA) is 63.6 Å². The van der Waals surface area contributed by atoms with Crippen LogP contribution in [0.15, 0.2) is 24.3 Å². The molecule has 0 spiro atoms. The quantitative estimate of drug-likeness (QED) is 0.592. The molecule has 0 unspecified atom stereocenters. The predicted octanol–water partition coefficient (Wildman–Crippen LogP) is 1.64. The molecule has 0 heterocycles. The van der Waals surface area contributed by atoms with E-state index in [-0.39, 0.29) is 0 Å². The van der Waals surface area contributed by atoms with Crippen molar-refractivity contribution in [2.24, 2.45) is 0 Å². The number of phenolic OH excluding ortho intramolecular Hbond substituents is 1. The van der Waals surface area contributed by atoms with E-state index in [2.05, 4.69) is 4.74 Å². The Morgan fingerprint density at radius 3 is 2.25 bits per heavy atom. The Kier molecular flexibility index (Phi) is 3.17. The molecule has 0 aromatic heterocycles. The summed E-state index contributed by atoms with van der Waals surface area (Å²) in [6.07, 6.45) is -5.25. The molecule has 7 heteroatoms. The Hall–Kier alpha value is -2.05. The lowest BCUT2D eigenvalue weighted by atomic mass is 10.2. The third-order valence-electron chi connectivity index (χ3n) is 1.54. The van der Waals surface area contributed by atoms with Gasteiger partial charge in [-0.3, -0.25) is 0 Å². The number of hydrogen-bond acceptors (Lipinski definition) is 4. The van der Waals surface area contributed by atoms with Crippen LogP contribution in [-0.4, -0.2) is 23.2 Å². The smallest absolute Gasteiger partial charge is 0.491 e. The van der Waals surface area contributed by atoms with E-state index >= 15 is 0 Å². The summed E-state index contributed by atoms with van der Waals surface area (Å²) in [5.41, 5.74) is -0.514. The lowest BCUT2D eigenvalue weighted by molar-refractivity contribution is -0.193. The minimum Gasteiger partial charge on any atom is -0.507 e. The van der Waals surface area contributed by atoms with Crippen LogP contribution in [0.1, 0.15) is 10.4 Å². The summed E-state index contributed by atoms with van der Waals surface area (Å²) < 4.78 is 38.7. The van der Waals surface area contributed by atoms with Gasteiger partial charge in [0.25, 0.3) is 0 Å². The Bertz CT molecular complexity index is 425. The normalized spacial score (nSPS) is 10.9. The zero-order chi connectivity index (χ0) is 12.3. The molecular weight excluding hydrogens is 229 g/mol. The highest BCUT2D eigenvalue weighted by Gasteiger charge is 2.42. The van der Waals surface area contributed by atoms with Crippen LogP contribution < -0.4 is 0 Å². The average molecular weight is 234 g/mol. The van der Waals surface area contributed by atoms with Crippen molar-refractivity contribution < 1.29 is 32.6 Å². The molecule has 0 saturated heterocycles. The van der Waals surface area contributed by atoms with Crippen LogP contribution in [0.2, 0.25) is 0 Å². The van der Waals surface area contributed by atoms with E-state index in [4.69, 9.17) is 5.11 Å². The number of ether oxygens (including phenoxy) is 1. The van der Waals surface area contributed by atoms with Crippen LogP contribution in [0.25, 0.3) is 0 Å². The second kappa shape index (κ2) is 4.21. The molecule has 0 aliphatic rings. The first-order valence-electron chi connectivity index (χ1n) is 3.93. The lowest BCUT2D eigenvalue weighted by Gasteiger charge is -2.06. The van der Waals surface area contributed by atoms with E-state index in [0.717, 1.165) is 12.1 Å². The molecule has 1 N–H and O–H groups in total. The van der Waals surface area contributed by atoms with Crippen molar-refractivity contribution in [1.29, 1.82) is 0 Å². The number of benzene rings is 1. The highest BCUT2D eigenvalue weighted by atomic mass is 19.4. The molecule has 0 aliphatic carbocycles. The van der Waals surface area contributed by atoms with Gasteiger partial charge in [0, 0.05) is 0 Å². The van der Waals surface area contributed by atoms with Gasteiger partial charge in [0.15, 0.2) is 0 Å². The molecule has 86 valence electrons. The van der Waals surface area contributed by atoms with E-state index in [1.165, 1.54) is 12.1 Å². The maximum Gasteiger partial charge on any atom is 0.491 e. The van der Waals surface area contributed by atoms with Crippen LogP contribution in [0.5, 0.6) is 5.75 Å². The van der Waals surface area contributed by atoms with E-state index in [1.54, 1.807) is 0 Å². The van der Waals surface area contributed by atoms with Gasteiger partial charge in [-0.25, -0.2) is 9.59 Å². The molecule has 1 rings (SSSR count). The minimum atomic E-state index is -5.25. The summed E-state index contributed by atoms with van der Waals surface area (Å²) in [5.74, 6) is -4.75. The summed E-state index contributed by atoms with van der Waals surface area (Å²) in [7, 11) is 0. The number of hydrogen-bond donors (Lipinski definition) is 1. The van der Waals surface area contributed by atoms with E-state index < -0.39 is 29.4 Å². The van der Waals surface area contributed by atoms with Gasteiger partial charge in [0.2, 0.25) is 0 Å². The molecule has 0 amide bonds. The minimum absolute atomic E-state index is 0.514. The Morgan fingerprint density at radius 2 is 1.75 bits per heavy atom. The summed E-state index contributed by atoms with van der Waals surface area (Å²) in [4.78, 5) is 21.3. The third kappa shape index (κ3) is 2.72. The van der Waals surface area contributed by atoms with Crippen molar-refractivity contribution in [3.05, 3.63) is 29.8 Å². The fourth-order valence-electron chi connectivity index (χ4n) is 0.843. The van der Waals surface area contributed by atoms with Crippen molar-refractivity contribution in [1.82, 2.24) is 0 Å². The number of phenols is 1. The van der Waals surface area contributed by atoms with Gasteiger partial charge in [-0.15, -0.1) is 0 Å².